The fourth-order valence-corrected chi connectivity index (χ4v) is 3.05. The molecule has 1 aliphatic heterocycles. The third kappa shape index (κ3) is 6.50. The van der Waals surface area contributed by atoms with Crippen molar-refractivity contribution in [1.82, 2.24) is 15.5 Å². The molecule has 0 atom stereocenters. The van der Waals surface area contributed by atoms with E-state index in [0.717, 1.165) is 26.1 Å². The summed E-state index contributed by atoms with van der Waals surface area (Å²) in [5.74, 6) is -0.499. The molecular formula is C13H22Cl2N4O2S. The standard InChI is InChI=1S/C13H20N4O2S.2ClH/c14-7-12(18)16-8-13(19)15-3-5-17-4-1-11-10(9-17)2-6-20-11;;/h2,6H,1,3-5,7-9,14H2,(H,15,19)(H,16,18);2*1H. The monoisotopic (exact) mass is 368 g/mol. The molecule has 0 unspecified atom stereocenters. The van der Waals surface area contributed by atoms with Crippen molar-refractivity contribution in [3.8, 4) is 0 Å². The number of nitrogens with one attached hydrogen (secondary N) is 2. The van der Waals surface area contributed by atoms with Crippen molar-refractivity contribution in [3.63, 3.8) is 0 Å². The number of amides is 2. The lowest BCUT2D eigenvalue weighted by molar-refractivity contribution is -0.125. The molecule has 1 aromatic heterocycles. The number of hydrogen-bond acceptors (Lipinski definition) is 5. The van der Waals surface area contributed by atoms with Crippen molar-refractivity contribution >= 4 is 48.0 Å². The number of carbonyl (C=O) groups is 2. The van der Waals surface area contributed by atoms with Crippen molar-refractivity contribution in [1.29, 1.82) is 0 Å². The first-order chi connectivity index (χ1) is 9.69. The van der Waals surface area contributed by atoms with E-state index in [1.165, 1.54) is 10.4 Å². The van der Waals surface area contributed by atoms with Gasteiger partial charge in [0.05, 0.1) is 13.1 Å². The van der Waals surface area contributed by atoms with Crippen LogP contribution in [0.3, 0.4) is 0 Å². The summed E-state index contributed by atoms with van der Waals surface area (Å²) < 4.78 is 0. The summed E-state index contributed by atoms with van der Waals surface area (Å²) in [6, 6.07) is 2.17. The summed E-state index contributed by atoms with van der Waals surface area (Å²) in [7, 11) is 0. The zero-order valence-electron chi connectivity index (χ0n) is 12.2. The number of nitrogens with two attached hydrogens (primary N) is 1. The Morgan fingerprint density at radius 3 is 2.77 bits per heavy atom. The molecule has 0 aromatic carbocycles. The molecule has 2 rings (SSSR count). The van der Waals surface area contributed by atoms with Crippen LogP contribution in [0.25, 0.3) is 0 Å². The van der Waals surface area contributed by atoms with Crippen LogP contribution in [0.1, 0.15) is 10.4 Å². The van der Waals surface area contributed by atoms with Crippen LogP contribution in [-0.4, -0.2) is 49.4 Å². The van der Waals surface area contributed by atoms with Gasteiger partial charge in [0.1, 0.15) is 0 Å². The highest BCUT2D eigenvalue weighted by Crippen LogP contribution is 2.23. The lowest BCUT2D eigenvalue weighted by Crippen LogP contribution is -2.42. The highest BCUT2D eigenvalue weighted by molar-refractivity contribution is 7.10. The zero-order chi connectivity index (χ0) is 14.4. The van der Waals surface area contributed by atoms with Crippen LogP contribution < -0.4 is 16.4 Å². The quantitative estimate of drug-likeness (QED) is 0.666. The minimum Gasteiger partial charge on any atom is -0.353 e. The molecule has 0 saturated heterocycles. The SMILES string of the molecule is Cl.Cl.NCC(=O)NCC(=O)NCCN1CCc2sccc2C1. The Labute approximate surface area is 146 Å². The number of rotatable bonds is 6. The van der Waals surface area contributed by atoms with Gasteiger partial charge in [0.15, 0.2) is 0 Å². The molecule has 2 amide bonds. The molecule has 4 N–H and O–H groups in total. The summed E-state index contributed by atoms with van der Waals surface area (Å²) in [4.78, 5) is 26.2. The molecule has 0 bridgehead atoms. The Bertz CT molecular complexity index is 484. The normalized spacial score (nSPS) is 13.3. The fraction of sp³-hybridized carbons (Fsp3) is 0.538. The molecular weight excluding hydrogens is 347 g/mol. The van der Waals surface area contributed by atoms with Crippen molar-refractivity contribution < 1.29 is 9.59 Å². The number of thiophene rings is 1. The van der Waals surface area contributed by atoms with E-state index >= 15 is 0 Å². The number of hydrogen-bond donors (Lipinski definition) is 3. The molecule has 0 aliphatic carbocycles. The van der Waals surface area contributed by atoms with Gasteiger partial charge in [-0.2, -0.15) is 0 Å². The number of nitrogens with zero attached hydrogens (tertiary/aromatic N) is 1. The molecule has 0 radical (unpaired) electrons. The van der Waals surface area contributed by atoms with Crippen molar-refractivity contribution in [2.45, 2.75) is 13.0 Å². The van der Waals surface area contributed by atoms with Crippen LogP contribution in [0.2, 0.25) is 0 Å². The maximum atomic E-state index is 11.5. The maximum absolute atomic E-state index is 11.5. The van der Waals surface area contributed by atoms with Gasteiger partial charge in [-0.25, -0.2) is 0 Å². The number of carbonyl (C=O) groups excluding carboxylic acids is 2. The largest absolute Gasteiger partial charge is 0.353 e. The Morgan fingerprint density at radius 2 is 2.05 bits per heavy atom. The van der Waals surface area contributed by atoms with Gasteiger partial charge in [-0.3, -0.25) is 14.5 Å². The topological polar surface area (TPSA) is 87.5 Å². The second-order valence-electron chi connectivity index (χ2n) is 4.73. The van der Waals surface area contributed by atoms with Gasteiger partial charge in [-0.05, 0) is 23.4 Å². The summed E-state index contributed by atoms with van der Waals surface area (Å²) in [5.41, 5.74) is 6.54. The lowest BCUT2D eigenvalue weighted by Gasteiger charge is -2.26. The number of fused-ring (bicyclic) bond motifs is 1. The summed E-state index contributed by atoms with van der Waals surface area (Å²) in [5, 5.41) is 7.37. The third-order valence-corrected chi connectivity index (χ3v) is 4.29. The minimum absolute atomic E-state index is 0. The van der Waals surface area contributed by atoms with Gasteiger partial charge in [0.2, 0.25) is 11.8 Å². The lowest BCUT2D eigenvalue weighted by atomic mass is 10.1. The van der Waals surface area contributed by atoms with Gasteiger partial charge in [0.25, 0.3) is 0 Å². The van der Waals surface area contributed by atoms with Crippen molar-refractivity contribution in [3.05, 3.63) is 21.9 Å². The van der Waals surface area contributed by atoms with Gasteiger partial charge in [-0.15, -0.1) is 36.2 Å². The Kier molecular flexibility index (Phi) is 10.4. The second-order valence-corrected chi connectivity index (χ2v) is 5.73. The Hall–Kier alpha value is -0.860. The first-order valence-corrected chi connectivity index (χ1v) is 7.58. The highest BCUT2D eigenvalue weighted by atomic mass is 35.5. The van der Waals surface area contributed by atoms with E-state index in [2.05, 4.69) is 27.0 Å². The molecule has 22 heavy (non-hydrogen) atoms. The van der Waals surface area contributed by atoms with E-state index < -0.39 is 0 Å². The fourth-order valence-electron chi connectivity index (χ4n) is 2.16. The Balaban J connectivity index is 0.00000220. The van der Waals surface area contributed by atoms with Crippen LogP contribution in [0.15, 0.2) is 11.4 Å². The van der Waals surface area contributed by atoms with E-state index in [9.17, 15) is 9.59 Å². The Morgan fingerprint density at radius 1 is 1.27 bits per heavy atom. The van der Waals surface area contributed by atoms with E-state index in [0.29, 0.717) is 6.54 Å². The molecule has 0 saturated carbocycles. The van der Waals surface area contributed by atoms with Gasteiger partial charge in [-0.1, -0.05) is 0 Å². The molecule has 1 aliphatic rings. The molecule has 6 nitrogen and oxygen atoms in total. The highest BCUT2D eigenvalue weighted by Gasteiger charge is 2.16. The van der Waals surface area contributed by atoms with Gasteiger partial charge >= 0.3 is 0 Å². The third-order valence-electron chi connectivity index (χ3n) is 3.27. The first-order valence-electron chi connectivity index (χ1n) is 6.70. The minimum atomic E-state index is -0.318. The van der Waals surface area contributed by atoms with E-state index in [1.807, 2.05) is 11.3 Å². The van der Waals surface area contributed by atoms with E-state index in [-0.39, 0.29) is 49.7 Å². The summed E-state index contributed by atoms with van der Waals surface area (Å²) in [6.45, 7) is 3.31. The first kappa shape index (κ1) is 21.1. The molecule has 0 spiro atoms. The van der Waals surface area contributed by atoms with Gasteiger partial charge < -0.3 is 16.4 Å². The van der Waals surface area contributed by atoms with Crippen molar-refractivity contribution in [2.75, 3.05) is 32.7 Å². The van der Waals surface area contributed by atoms with Crippen molar-refractivity contribution in [2.24, 2.45) is 5.73 Å². The zero-order valence-corrected chi connectivity index (χ0v) is 14.6. The average Bonchev–Trinajstić information content (AvgIpc) is 2.92. The van der Waals surface area contributed by atoms with Crippen LogP contribution in [0.4, 0.5) is 0 Å². The van der Waals surface area contributed by atoms with Gasteiger partial charge in [0, 0.05) is 31.1 Å². The molecule has 2 heterocycles. The summed E-state index contributed by atoms with van der Waals surface area (Å²) >= 11 is 1.82. The molecule has 1 aromatic rings. The average molecular weight is 369 g/mol. The smallest absolute Gasteiger partial charge is 0.239 e. The van der Waals surface area contributed by atoms with E-state index in [1.54, 1.807) is 0 Å². The maximum Gasteiger partial charge on any atom is 0.239 e. The predicted octanol–water partition coefficient (Wildman–Crippen LogP) is 0.141. The molecule has 126 valence electrons. The van der Waals surface area contributed by atoms with Crippen LogP contribution in [0.5, 0.6) is 0 Å². The second kappa shape index (κ2) is 10.8. The molecule has 9 heteroatoms. The summed E-state index contributed by atoms with van der Waals surface area (Å²) in [6.07, 6.45) is 1.09. The molecule has 0 fully saturated rings. The predicted molar refractivity (Wildman–Crippen MR) is 92.9 cm³/mol. The van der Waals surface area contributed by atoms with Crippen LogP contribution in [0, 0.1) is 0 Å². The van der Waals surface area contributed by atoms with E-state index in [4.69, 9.17) is 5.73 Å². The van der Waals surface area contributed by atoms with Crippen LogP contribution >= 0.6 is 36.2 Å². The number of halogens is 2. The van der Waals surface area contributed by atoms with Crippen LogP contribution in [-0.2, 0) is 22.6 Å².